The molecule has 0 atom stereocenters. The Kier molecular flexibility index (Phi) is 6.77. The Labute approximate surface area is 180 Å². The molecule has 0 unspecified atom stereocenters. The van der Waals surface area contributed by atoms with E-state index in [2.05, 4.69) is 15.0 Å². The van der Waals surface area contributed by atoms with Crippen LogP contribution in [0.25, 0.3) is 0 Å². The number of piperazine rings is 1. The number of carbonyl (C=O) groups excluding carboxylic acids is 2. The van der Waals surface area contributed by atoms with Crippen molar-refractivity contribution in [3.8, 4) is 0 Å². The smallest absolute Gasteiger partial charge is 0.337 e. The molecule has 0 aliphatic carbocycles. The van der Waals surface area contributed by atoms with Crippen LogP contribution in [0, 0.1) is 0 Å². The molecular weight excluding hydrogens is 430 g/mol. The molecular formula is C20H22ClN3O5S. The van der Waals surface area contributed by atoms with Crippen molar-refractivity contribution in [3.63, 3.8) is 0 Å². The summed E-state index contributed by atoms with van der Waals surface area (Å²) in [4.78, 5) is 26.5. The molecule has 1 saturated heterocycles. The van der Waals surface area contributed by atoms with Gasteiger partial charge in [0.25, 0.3) is 5.91 Å². The van der Waals surface area contributed by atoms with E-state index in [1.807, 2.05) is 7.05 Å². The Morgan fingerprint density at radius 2 is 1.73 bits per heavy atom. The summed E-state index contributed by atoms with van der Waals surface area (Å²) >= 11 is 6.12. The molecule has 3 rings (SSSR count). The second-order valence-electron chi connectivity index (χ2n) is 6.88. The van der Waals surface area contributed by atoms with E-state index >= 15 is 0 Å². The summed E-state index contributed by atoms with van der Waals surface area (Å²) in [5, 5.41) is 2.85. The summed E-state index contributed by atoms with van der Waals surface area (Å²) in [5.74, 6) is -1.11. The third kappa shape index (κ3) is 4.81. The molecule has 1 aliphatic heterocycles. The molecule has 0 bridgehead atoms. The number of benzene rings is 2. The van der Waals surface area contributed by atoms with E-state index in [-0.39, 0.29) is 26.7 Å². The monoisotopic (exact) mass is 451 g/mol. The number of amides is 1. The Balaban J connectivity index is 1.82. The Hall–Kier alpha value is -2.46. The third-order valence-corrected chi connectivity index (χ3v) is 7.06. The minimum Gasteiger partial charge on any atom is -0.465 e. The van der Waals surface area contributed by atoms with E-state index in [0.717, 1.165) is 0 Å². The van der Waals surface area contributed by atoms with Gasteiger partial charge in [-0.25, -0.2) is 13.2 Å². The number of nitrogens with zero attached hydrogens (tertiary/aromatic N) is 2. The van der Waals surface area contributed by atoms with Crippen molar-refractivity contribution in [1.82, 2.24) is 9.21 Å². The number of nitrogens with one attached hydrogen (secondary N) is 1. The van der Waals surface area contributed by atoms with E-state index in [9.17, 15) is 18.0 Å². The number of ether oxygens (including phenoxy) is 1. The van der Waals surface area contributed by atoms with Gasteiger partial charge in [-0.05, 0) is 43.4 Å². The van der Waals surface area contributed by atoms with E-state index < -0.39 is 21.9 Å². The van der Waals surface area contributed by atoms with Crippen LogP contribution < -0.4 is 5.32 Å². The molecule has 8 nitrogen and oxygen atoms in total. The molecule has 1 amide bonds. The average molecular weight is 452 g/mol. The molecule has 1 aliphatic rings. The molecule has 2 aromatic carbocycles. The van der Waals surface area contributed by atoms with Crippen LogP contribution >= 0.6 is 11.6 Å². The van der Waals surface area contributed by atoms with Crippen molar-refractivity contribution in [2.45, 2.75) is 4.90 Å². The summed E-state index contributed by atoms with van der Waals surface area (Å²) in [5.41, 5.74) is 0.602. The lowest BCUT2D eigenvalue weighted by Gasteiger charge is -2.31. The highest BCUT2D eigenvalue weighted by molar-refractivity contribution is 7.89. The maximum Gasteiger partial charge on any atom is 0.337 e. The van der Waals surface area contributed by atoms with E-state index in [1.165, 1.54) is 53.9 Å². The molecule has 0 saturated carbocycles. The van der Waals surface area contributed by atoms with Gasteiger partial charge in [0, 0.05) is 31.7 Å². The second-order valence-corrected chi connectivity index (χ2v) is 9.22. The van der Waals surface area contributed by atoms with Gasteiger partial charge in [-0.2, -0.15) is 4.31 Å². The highest BCUT2D eigenvalue weighted by atomic mass is 35.5. The van der Waals surface area contributed by atoms with E-state index in [0.29, 0.717) is 26.2 Å². The van der Waals surface area contributed by atoms with Crippen molar-refractivity contribution < 1.29 is 22.7 Å². The van der Waals surface area contributed by atoms with Gasteiger partial charge in [-0.1, -0.05) is 17.7 Å². The lowest BCUT2D eigenvalue weighted by atomic mass is 10.1. The first-order chi connectivity index (χ1) is 14.2. The van der Waals surface area contributed by atoms with Crippen LogP contribution in [0.3, 0.4) is 0 Å². The Morgan fingerprint density at radius 3 is 2.40 bits per heavy atom. The molecule has 1 heterocycles. The number of likely N-dealkylation sites (N-methyl/N-ethyl adjacent to an activating group) is 1. The number of rotatable bonds is 5. The summed E-state index contributed by atoms with van der Waals surface area (Å²) in [6.07, 6.45) is 0. The zero-order valence-electron chi connectivity index (χ0n) is 16.6. The van der Waals surface area contributed by atoms with Crippen molar-refractivity contribution in [2.75, 3.05) is 45.7 Å². The van der Waals surface area contributed by atoms with Crippen molar-refractivity contribution in [1.29, 1.82) is 0 Å². The standard InChI is InChI=1S/C20H22ClN3O5S/c1-23-8-10-24(11-9-23)30(27,28)16-5-3-4-14(12-16)19(25)22-18-13-15(20(26)29-2)6-7-17(18)21/h3-7,12-13H,8-11H2,1-2H3,(H,22,25). The quantitative estimate of drug-likeness (QED) is 0.701. The first-order valence-electron chi connectivity index (χ1n) is 9.20. The number of anilines is 1. The van der Waals surface area contributed by atoms with Crippen LogP contribution in [-0.4, -0.2) is 69.8 Å². The number of hydrogen-bond acceptors (Lipinski definition) is 6. The van der Waals surface area contributed by atoms with Gasteiger partial charge in [0.15, 0.2) is 0 Å². The van der Waals surface area contributed by atoms with E-state index in [1.54, 1.807) is 0 Å². The largest absolute Gasteiger partial charge is 0.465 e. The molecule has 1 N–H and O–H groups in total. The maximum absolute atomic E-state index is 12.9. The van der Waals surface area contributed by atoms with Gasteiger partial charge in [0.05, 0.1) is 28.3 Å². The van der Waals surface area contributed by atoms with Crippen LogP contribution in [0.5, 0.6) is 0 Å². The summed E-state index contributed by atoms with van der Waals surface area (Å²) < 4.78 is 32.0. The van der Waals surface area contributed by atoms with Crippen LogP contribution in [0.1, 0.15) is 20.7 Å². The SMILES string of the molecule is COC(=O)c1ccc(Cl)c(NC(=O)c2cccc(S(=O)(=O)N3CCN(C)CC3)c2)c1. The highest BCUT2D eigenvalue weighted by Crippen LogP contribution is 2.25. The zero-order valence-corrected chi connectivity index (χ0v) is 18.2. The number of halogens is 1. The topological polar surface area (TPSA) is 96.0 Å². The van der Waals surface area contributed by atoms with Gasteiger partial charge in [0.2, 0.25) is 10.0 Å². The average Bonchev–Trinajstić information content (AvgIpc) is 2.75. The number of methoxy groups -OCH3 is 1. The predicted octanol–water partition coefficient (Wildman–Crippen LogP) is 2.32. The molecule has 0 radical (unpaired) electrons. The normalized spacial score (nSPS) is 15.6. The van der Waals surface area contributed by atoms with Crippen LogP contribution in [0.2, 0.25) is 5.02 Å². The summed E-state index contributed by atoms with van der Waals surface area (Å²) in [6, 6.07) is 10.2. The predicted molar refractivity (Wildman–Crippen MR) is 113 cm³/mol. The number of hydrogen-bond donors (Lipinski definition) is 1. The lowest BCUT2D eigenvalue weighted by Crippen LogP contribution is -2.47. The van der Waals surface area contributed by atoms with Crippen molar-refractivity contribution >= 4 is 39.2 Å². The van der Waals surface area contributed by atoms with Crippen LogP contribution in [0.15, 0.2) is 47.4 Å². The maximum atomic E-state index is 12.9. The first-order valence-corrected chi connectivity index (χ1v) is 11.0. The number of carbonyl (C=O) groups is 2. The van der Waals surface area contributed by atoms with Crippen molar-refractivity contribution in [3.05, 3.63) is 58.6 Å². The first kappa shape index (κ1) is 22.2. The number of sulfonamides is 1. The fraction of sp³-hybridized carbons (Fsp3) is 0.300. The molecule has 160 valence electrons. The molecule has 0 aromatic heterocycles. The fourth-order valence-corrected chi connectivity index (χ4v) is 4.67. The minimum atomic E-state index is -3.70. The van der Waals surface area contributed by atoms with Crippen LogP contribution in [0.4, 0.5) is 5.69 Å². The lowest BCUT2D eigenvalue weighted by molar-refractivity contribution is 0.0600. The molecule has 1 fully saturated rings. The molecule has 10 heteroatoms. The molecule has 30 heavy (non-hydrogen) atoms. The zero-order chi connectivity index (χ0) is 21.9. The Bertz CT molecular complexity index is 1070. The van der Waals surface area contributed by atoms with Gasteiger partial charge >= 0.3 is 5.97 Å². The van der Waals surface area contributed by atoms with Gasteiger partial charge in [-0.15, -0.1) is 0 Å². The summed E-state index contributed by atoms with van der Waals surface area (Å²) in [7, 11) is -0.513. The molecule has 2 aromatic rings. The van der Waals surface area contributed by atoms with E-state index in [4.69, 9.17) is 11.6 Å². The summed E-state index contributed by atoms with van der Waals surface area (Å²) in [6.45, 7) is 2.08. The van der Waals surface area contributed by atoms with Gasteiger partial charge in [0.1, 0.15) is 0 Å². The van der Waals surface area contributed by atoms with Gasteiger partial charge < -0.3 is 15.0 Å². The number of esters is 1. The minimum absolute atomic E-state index is 0.0501. The fourth-order valence-electron chi connectivity index (χ4n) is 3.04. The second kappa shape index (κ2) is 9.13. The molecule has 0 spiro atoms. The Morgan fingerprint density at radius 1 is 1.03 bits per heavy atom. The third-order valence-electron chi connectivity index (χ3n) is 4.83. The highest BCUT2D eigenvalue weighted by Gasteiger charge is 2.28. The van der Waals surface area contributed by atoms with Crippen molar-refractivity contribution in [2.24, 2.45) is 0 Å². The van der Waals surface area contributed by atoms with Crippen LogP contribution in [-0.2, 0) is 14.8 Å². The van der Waals surface area contributed by atoms with Gasteiger partial charge in [-0.3, -0.25) is 4.79 Å².